The highest BCUT2D eigenvalue weighted by atomic mass is 35.5. The number of thiazole rings is 1. The lowest BCUT2D eigenvalue weighted by Gasteiger charge is -2.21. The Bertz CT molecular complexity index is 1710. The zero-order valence-corrected chi connectivity index (χ0v) is 21.8. The van der Waals surface area contributed by atoms with E-state index in [0.29, 0.717) is 21.8 Å². The van der Waals surface area contributed by atoms with E-state index in [-0.39, 0.29) is 9.77 Å². The van der Waals surface area contributed by atoms with Gasteiger partial charge in [-0.15, -0.1) is 0 Å². The Balaban J connectivity index is 1.52. The van der Waals surface area contributed by atoms with Gasteiger partial charge in [-0.3, -0.25) is 9.36 Å². The van der Waals surface area contributed by atoms with Gasteiger partial charge in [-0.1, -0.05) is 95.7 Å². The van der Waals surface area contributed by atoms with Gasteiger partial charge in [-0.2, -0.15) is 4.72 Å². The van der Waals surface area contributed by atoms with E-state index in [0.717, 1.165) is 33.6 Å². The van der Waals surface area contributed by atoms with Crippen LogP contribution in [-0.2, 0) is 16.6 Å². The quantitative estimate of drug-likeness (QED) is 0.272. The Kier molecular flexibility index (Phi) is 6.81. The van der Waals surface area contributed by atoms with E-state index < -0.39 is 16.1 Å². The van der Waals surface area contributed by atoms with Crippen LogP contribution in [0, 0.1) is 6.92 Å². The maximum absolute atomic E-state index is 13.6. The molecule has 0 bridgehead atoms. The van der Waals surface area contributed by atoms with Crippen molar-refractivity contribution < 1.29 is 8.42 Å². The molecule has 1 unspecified atom stereocenters. The third kappa shape index (κ3) is 4.88. The van der Waals surface area contributed by atoms with Crippen molar-refractivity contribution in [2.45, 2.75) is 24.4 Å². The summed E-state index contributed by atoms with van der Waals surface area (Å²) in [5.41, 5.74) is 4.20. The summed E-state index contributed by atoms with van der Waals surface area (Å²) in [7, 11) is -3.91. The maximum atomic E-state index is 13.6. The zero-order chi connectivity index (χ0) is 25.3. The summed E-state index contributed by atoms with van der Waals surface area (Å²) in [6, 6.07) is 28.8. The molecule has 0 spiro atoms. The highest BCUT2D eigenvalue weighted by Gasteiger charge is 2.25. The van der Waals surface area contributed by atoms with Crippen LogP contribution < -0.4 is 9.60 Å². The van der Waals surface area contributed by atoms with Gasteiger partial charge in [0.2, 0.25) is 10.0 Å². The molecule has 0 aliphatic heterocycles. The van der Waals surface area contributed by atoms with Crippen LogP contribution in [-0.4, -0.2) is 13.0 Å². The SMILES string of the molecule is Cc1ccccc1C(NS(=O)(=O)c1ccc2c(c1)sc(=O)n2Cc1ccccc1Cl)c1ccccc1. The van der Waals surface area contributed by atoms with Gasteiger partial charge in [0.15, 0.2) is 0 Å². The van der Waals surface area contributed by atoms with Gasteiger partial charge in [-0.25, -0.2) is 8.42 Å². The number of benzene rings is 4. The third-order valence-corrected chi connectivity index (χ3v) is 8.87. The van der Waals surface area contributed by atoms with E-state index >= 15 is 0 Å². The summed E-state index contributed by atoms with van der Waals surface area (Å²) in [5.74, 6) is 0. The van der Waals surface area contributed by atoms with E-state index in [1.165, 1.54) is 0 Å². The average Bonchev–Trinajstić information content (AvgIpc) is 3.19. The highest BCUT2D eigenvalue weighted by molar-refractivity contribution is 7.89. The van der Waals surface area contributed by atoms with Crippen molar-refractivity contribution >= 4 is 43.2 Å². The van der Waals surface area contributed by atoms with Crippen LogP contribution in [0.15, 0.2) is 107 Å². The molecule has 0 saturated heterocycles. The van der Waals surface area contributed by atoms with Crippen molar-refractivity contribution in [3.63, 3.8) is 0 Å². The summed E-state index contributed by atoms with van der Waals surface area (Å²) >= 11 is 7.31. The molecule has 5 nitrogen and oxygen atoms in total. The van der Waals surface area contributed by atoms with Crippen molar-refractivity contribution in [2.24, 2.45) is 0 Å². The molecule has 4 aromatic carbocycles. The monoisotopic (exact) mass is 534 g/mol. The molecule has 0 aliphatic rings. The van der Waals surface area contributed by atoms with Gasteiger partial charge in [0.05, 0.1) is 27.7 Å². The van der Waals surface area contributed by atoms with Gasteiger partial charge in [0, 0.05) is 5.02 Å². The minimum atomic E-state index is -3.91. The maximum Gasteiger partial charge on any atom is 0.308 e. The molecule has 0 fully saturated rings. The van der Waals surface area contributed by atoms with Crippen LogP contribution in [0.5, 0.6) is 0 Å². The van der Waals surface area contributed by atoms with E-state index in [1.807, 2.05) is 79.7 Å². The second-order valence-corrected chi connectivity index (χ2v) is 11.6. The molecular weight excluding hydrogens is 512 g/mol. The van der Waals surface area contributed by atoms with Crippen molar-refractivity contribution in [3.8, 4) is 0 Å². The number of hydrogen-bond acceptors (Lipinski definition) is 4. The zero-order valence-electron chi connectivity index (χ0n) is 19.4. The van der Waals surface area contributed by atoms with Crippen molar-refractivity contribution in [1.82, 2.24) is 9.29 Å². The summed E-state index contributed by atoms with van der Waals surface area (Å²) in [6.45, 7) is 2.27. The summed E-state index contributed by atoms with van der Waals surface area (Å²) in [4.78, 5) is 12.7. The molecule has 0 radical (unpaired) electrons. The van der Waals surface area contributed by atoms with Gasteiger partial charge >= 0.3 is 4.87 Å². The van der Waals surface area contributed by atoms with Crippen LogP contribution in [0.3, 0.4) is 0 Å². The number of rotatable bonds is 7. The summed E-state index contributed by atoms with van der Waals surface area (Å²) < 4.78 is 32.2. The minimum Gasteiger partial charge on any atom is -0.294 e. The van der Waals surface area contributed by atoms with Gasteiger partial charge in [0.25, 0.3) is 0 Å². The van der Waals surface area contributed by atoms with Crippen LogP contribution >= 0.6 is 22.9 Å². The van der Waals surface area contributed by atoms with Crippen LogP contribution in [0.4, 0.5) is 0 Å². The first-order valence-corrected chi connectivity index (χ1v) is 14.0. The number of halogens is 1. The smallest absolute Gasteiger partial charge is 0.294 e. The first-order chi connectivity index (χ1) is 17.3. The fourth-order valence-electron chi connectivity index (χ4n) is 4.25. The van der Waals surface area contributed by atoms with Gasteiger partial charge in [-0.05, 0) is 53.4 Å². The first kappa shape index (κ1) is 24.5. The lowest BCUT2D eigenvalue weighted by molar-refractivity contribution is 0.572. The Morgan fingerprint density at radius 3 is 2.36 bits per heavy atom. The molecule has 1 N–H and O–H groups in total. The number of sulfonamides is 1. The Morgan fingerprint density at radius 1 is 0.917 bits per heavy atom. The molecule has 5 rings (SSSR count). The van der Waals surface area contributed by atoms with Crippen LogP contribution in [0.2, 0.25) is 5.02 Å². The van der Waals surface area contributed by atoms with Crippen molar-refractivity contribution in [3.05, 3.63) is 134 Å². The molecule has 1 aromatic heterocycles. The molecule has 0 aliphatic carbocycles. The molecule has 1 atom stereocenters. The van der Waals surface area contributed by atoms with Crippen LogP contribution in [0.25, 0.3) is 10.2 Å². The van der Waals surface area contributed by atoms with Crippen LogP contribution in [0.1, 0.15) is 28.3 Å². The number of aromatic nitrogens is 1. The van der Waals surface area contributed by atoms with Crippen molar-refractivity contribution in [2.75, 3.05) is 0 Å². The topological polar surface area (TPSA) is 68.2 Å². The number of hydrogen-bond donors (Lipinski definition) is 1. The standard InChI is InChI=1S/C28H23ClN2O3S2/c1-19-9-5-7-13-23(19)27(20-10-3-2-4-11-20)30-36(33,34)22-15-16-25-26(17-22)35-28(32)31(25)18-21-12-6-8-14-24(21)29/h2-17,27,30H,18H2,1H3. The van der Waals surface area contributed by atoms with Crippen molar-refractivity contribution in [1.29, 1.82) is 0 Å². The molecule has 5 aromatic rings. The largest absolute Gasteiger partial charge is 0.308 e. The van der Waals surface area contributed by atoms with E-state index in [2.05, 4.69) is 4.72 Å². The van der Waals surface area contributed by atoms with E-state index in [4.69, 9.17) is 11.6 Å². The number of nitrogens with one attached hydrogen (secondary N) is 1. The normalized spacial score (nSPS) is 12.6. The highest BCUT2D eigenvalue weighted by Crippen LogP contribution is 2.29. The lowest BCUT2D eigenvalue weighted by atomic mass is 9.96. The third-order valence-electron chi connectivity index (χ3n) is 6.14. The fourth-order valence-corrected chi connectivity index (χ4v) is 6.68. The number of aryl methyl sites for hydroxylation is 1. The number of fused-ring (bicyclic) bond motifs is 1. The second-order valence-electron chi connectivity index (χ2n) is 8.50. The molecule has 0 saturated carbocycles. The Labute approximate surface area is 218 Å². The number of nitrogens with zero attached hydrogens (tertiary/aromatic N) is 1. The second kappa shape index (κ2) is 10.0. The molecule has 182 valence electrons. The Morgan fingerprint density at radius 2 is 1.61 bits per heavy atom. The van der Waals surface area contributed by atoms with E-state index in [9.17, 15) is 13.2 Å². The molecule has 8 heteroatoms. The first-order valence-electron chi connectivity index (χ1n) is 11.3. The molecule has 0 amide bonds. The lowest BCUT2D eigenvalue weighted by Crippen LogP contribution is -2.30. The van der Waals surface area contributed by atoms with Gasteiger partial charge < -0.3 is 0 Å². The average molecular weight is 535 g/mol. The Hall–Kier alpha value is -3.23. The predicted molar refractivity (Wildman–Crippen MR) is 146 cm³/mol. The summed E-state index contributed by atoms with van der Waals surface area (Å²) in [5, 5.41) is 0.579. The van der Waals surface area contributed by atoms with Gasteiger partial charge in [0.1, 0.15) is 0 Å². The summed E-state index contributed by atoms with van der Waals surface area (Å²) in [6.07, 6.45) is 0. The molecule has 1 heterocycles. The molecular formula is C28H23ClN2O3S2. The predicted octanol–water partition coefficient (Wildman–Crippen LogP) is 6.14. The van der Waals surface area contributed by atoms with E-state index in [1.54, 1.807) is 28.8 Å². The fraction of sp³-hybridized carbons (Fsp3) is 0.107. The molecule has 36 heavy (non-hydrogen) atoms. The minimum absolute atomic E-state index is 0.107.